The van der Waals surface area contributed by atoms with Crippen LogP contribution < -0.4 is 0 Å². The van der Waals surface area contributed by atoms with E-state index in [1.165, 1.54) is 0 Å². The summed E-state index contributed by atoms with van der Waals surface area (Å²) >= 11 is 0. The minimum absolute atomic E-state index is 0.526. The van der Waals surface area contributed by atoms with Crippen molar-refractivity contribution >= 4 is 33.3 Å². The van der Waals surface area contributed by atoms with Crippen LogP contribution in [0.1, 0.15) is 22.9 Å². The van der Waals surface area contributed by atoms with Crippen molar-refractivity contribution in [2.75, 3.05) is 0 Å². The van der Waals surface area contributed by atoms with Gasteiger partial charge in [0.25, 0.3) is 0 Å². The fraction of sp³-hybridized carbons (Fsp3) is 0. The van der Waals surface area contributed by atoms with Gasteiger partial charge in [0, 0.05) is 0 Å². The highest BCUT2D eigenvalue weighted by Crippen LogP contribution is 2.38. The Hall–Kier alpha value is -4.44. The molecular weight excluding hydrogens is 396 g/mol. The van der Waals surface area contributed by atoms with Crippen LogP contribution in [-0.4, -0.2) is 9.97 Å². The molecule has 0 radical (unpaired) electrons. The van der Waals surface area contributed by atoms with E-state index in [4.69, 9.17) is 18.8 Å². The number of para-hydroxylation sites is 4. The summed E-state index contributed by atoms with van der Waals surface area (Å²) in [5.41, 5.74) is 6.70. The summed E-state index contributed by atoms with van der Waals surface area (Å²) in [7, 11) is 0. The average molecular weight is 414 g/mol. The number of fused-ring (bicyclic) bond motifs is 2. The van der Waals surface area contributed by atoms with Crippen molar-refractivity contribution in [3.05, 3.63) is 132 Å². The van der Waals surface area contributed by atoms with Gasteiger partial charge in [-0.2, -0.15) is 0 Å². The molecule has 0 bridgehead atoms. The molecule has 6 rings (SSSR count). The minimum atomic E-state index is 0.526. The van der Waals surface area contributed by atoms with Crippen LogP contribution in [0.15, 0.2) is 118 Å². The maximum atomic E-state index is 6.24. The third-order valence-electron chi connectivity index (χ3n) is 5.39. The molecule has 2 aromatic heterocycles. The molecule has 0 saturated carbocycles. The Morgan fingerprint density at radius 2 is 0.812 bits per heavy atom. The Balaban J connectivity index is 1.73. The number of rotatable bonds is 4. The molecule has 4 heteroatoms. The van der Waals surface area contributed by atoms with Crippen molar-refractivity contribution in [1.82, 2.24) is 9.97 Å². The number of hydrogen-bond acceptors (Lipinski definition) is 4. The Labute approximate surface area is 184 Å². The van der Waals surface area contributed by atoms with E-state index in [0.29, 0.717) is 11.8 Å². The summed E-state index contributed by atoms with van der Waals surface area (Å²) in [5, 5.41) is 0. The standard InChI is InChI=1S/C28H18N2O2/c1-3-11-19(12-4-1)25(27-29-21-15-7-9-17-23(21)31-27)26(20-13-5-2-6-14-20)28-30-22-16-8-10-18-24(22)32-28/h1-18H. The maximum Gasteiger partial charge on any atom is 0.228 e. The molecule has 32 heavy (non-hydrogen) atoms. The zero-order chi connectivity index (χ0) is 21.3. The summed E-state index contributed by atoms with van der Waals surface area (Å²) in [6.07, 6.45) is 0. The van der Waals surface area contributed by atoms with E-state index < -0.39 is 0 Å². The molecule has 2 heterocycles. The van der Waals surface area contributed by atoms with Crippen molar-refractivity contribution in [3.63, 3.8) is 0 Å². The molecule has 0 aliphatic heterocycles. The maximum absolute atomic E-state index is 6.24. The molecule has 0 amide bonds. The lowest BCUT2D eigenvalue weighted by Crippen LogP contribution is -1.98. The van der Waals surface area contributed by atoms with Crippen molar-refractivity contribution in [2.24, 2.45) is 0 Å². The fourth-order valence-electron chi connectivity index (χ4n) is 3.92. The van der Waals surface area contributed by atoms with Gasteiger partial charge in [-0.05, 0) is 35.4 Å². The molecule has 152 valence electrons. The van der Waals surface area contributed by atoms with Crippen molar-refractivity contribution in [1.29, 1.82) is 0 Å². The Kier molecular flexibility index (Phi) is 4.40. The highest BCUT2D eigenvalue weighted by Gasteiger charge is 2.24. The number of nitrogens with zero attached hydrogens (tertiary/aromatic N) is 2. The lowest BCUT2D eigenvalue weighted by molar-refractivity contribution is 0.578. The zero-order valence-corrected chi connectivity index (χ0v) is 17.1. The summed E-state index contributed by atoms with van der Waals surface area (Å²) in [6, 6.07) is 35.8. The van der Waals surface area contributed by atoms with Crippen molar-refractivity contribution in [3.8, 4) is 0 Å². The van der Waals surface area contributed by atoms with Crippen LogP contribution in [0.2, 0.25) is 0 Å². The lowest BCUT2D eigenvalue weighted by Gasteiger charge is -2.12. The van der Waals surface area contributed by atoms with Gasteiger partial charge in [-0.25, -0.2) is 9.97 Å². The monoisotopic (exact) mass is 414 g/mol. The van der Waals surface area contributed by atoms with E-state index >= 15 is 0 Å². The van der Waals surface area contributed by atoms with Crippen LogP contribution in [0.5, 0.6) is 0 Å². The van der Waals surface area contributed by atoms with Gasteiger partial charge in [0.05, 0.1) is 11.1 Å². The second-order valence-corrected chi connectivity index (χ2v) is 7.46. The number of hydrogen-bond donors (Lipinski definition) is 0. The first-order valence-electron chi connectivity index (χ1n) is 10.4. The minimum Gasteiger partial charge on any atom is -0.436 e. The quantitative estimate of drug-likeness (QED) is 0.292. The molecule has 0 aliphatic carbocycles. The van der Waals surface area contributed by atoms with Gasteiger partial charge in [0.1, 0.15) is 11.0 Å². The molecule has 0 fully saturated rings. The van der Waals surface area contributed by atoms with Gasteiger partial charge >= 0.3 is 0 Å². The molecule has 0 aliphatic rings. The van der Waals surface area contributed by atoms with E-state index in [2.05, 4.69) is 24.3 Å². The SMILES string of the molecule is c1ccc(C(=C(c2ccccc2)c2nc3ccccc3o2)c2nc3ccccc3o2)cc1. The van der Waals surface area contributed by atoms with Crippen LogP contribution in [0, 0.1) is 0 Å². The molecule has 0 saturated heterocycles. The number of oxazole rings is 2. The second kappa shape index (κ2) is 7.67. The molecule has 0 N–H and O–H groups in total. The largest absolute Gasteiger partial charge is 0.436 e. The van der Waals surface area contributed by atoms with Gasteiger partial charge in [0.15, 0.2) is 11.2 Å². The molecular formula is C28H18N2O2. The normalized spacial score (nSPS) is 12.2. The molecule has 6 aromatic rings. The summed E-state index contributed by atoms with van der Waals surface area (Å²) in [4.78, 5) is 9.64. The van der Waals surface area contributed by atoms with Crippen LogP contribution in [0.25, 0.3) is 33.3 Å². The third-order valence-corrected chi connectivity index (χ3v) is 5.39. The fourth-order valence-corrected chi connectivity index (χ4v) is 3.92. The lowest BCUT2D eigenvalue weighted by atomic mass is 9.94. The number of aromatic nitrogens is 2. The van der Waals surface area contributed by atoms with Gasteiger partial charge in [-0.15, -0.1) is 0 Å². The number of benzene rings is 4. The van der Waals surface area contributed by atoms with Gasteiger partial charge in [-0.1, -0.05) is 84.9 Å². The predicted octanol–water partition coefficient (Wildman–Crippen LogP) is 6.98. The van der Waals surface area contributed by atoms with Crippen molar-refractivity contribution < 1.29 is 8.83 Å². The highest BCUT2D eigenvalue weighted by atomic mass is 16.4. The molecule has 0 unspecified atom stereocenters. The van der Waals surface area contributed by atoms with Crippen LogP contribution in [0.3, 0.4) is 0 Å². The Bertz CT molecular complexity index is 1380. The Morgan fingerprint density at radius 1 is 0.438 bits per heavy atom. The van der Waals surface area contributed by atoms with Crippen LogP contribution in [-0.2, 0) is 0 Å². The summed E-state index contributed by atoms with van der Waals surface area (Å²) in [5.74, 6) is 1.05. The van der Waals surface area contributed by atoms with E-state index in [-0.39, 0.29) is 0 Å². The van der Waals surface area contributed by atoms with E-state index in [0.717, 1.165) is 44.5 Å². The smallest absolute Gasteiger partial charge is 0.228 e. The summed E-state index contributed by atoms with van der Waals surface area (Å²) < 4.78 is 12.5. The molecule has 0 atom stereocenters. The predicted molar refractivity (Wildman–Crippen MR) is 126 cm³/mol. The second-order valence-electron chi connectivity index (χ2n) is 7.46. The first-order valence-corrected chi connectivity index (χ1v) is 10.4. The zero-order valence-electron chi connectivity index (χ0n) is 17.1. The van der Waals surface area contributed by atoms with Crippen molar-refractivity contribution in [2.45, 2.75) is 0 Å². The first-order chi connectivity index (χ1) is 15.9. The van der Waals surface area contributed by atoms with E-state index in [9.17, 15) is 0 Å². The first kappa shape index (κ1) is 18.3. The van der Waals surface area contributed by atoms with Gasteiger partial charge < -0.3 is 8.83 Å². The van der Waals surface area contributed by atoms with E-state index in [1.807, 2.05) is 84.9 Å². The van der Waals surface area contributed by atoms with Crippen LogP contribution in [0.4, 0.5) is 0 Å². The van der Waals surface area contributed by atoms with Gasteiger partial charge in [-0.3, -0.25) is 0 Å². The molecule has 4 aromatic carbocycles. The average Bonchev–Trinajstić information content (AvgIpc) is 3.47. The Morgan fingerprint density at radius 3 is 1.22 bits per heavy atom. The highest BCUT2D eigenvalue weighted by molar-refractivity contribution is 6.02. The third kappa shape index (κ3) is 3.19. The van der Waals surface area contributed by atoms with Gasteiger partial charge in [0.2, 0.25) is 11.8 Å². The molecule has 0 spiro atoms. The molecule has 4 nitrogen and oxygen atoms in total. The summed E-state index contributed by atoms with van der Waals surface area (Å²) in [6.45, 7) is 0. The topological polar surface area (TPSA) is 52.1 Å². The van der Waals surface area contributed by atoms with E-state index in [1.54, 1.807) is 0 Å². The van der Waals surface area contributed by atoms with Crippen LogP contribution >= 0.6 is 0 Å².